The molecule has 0 amide bonds. The van der Waals surface area contributed by atoms with Gasteiger partial charge in [-0.25, -0.2) is 4.98 Å². The standard InChI is InChI=1S/C57H35N5O/c1-4-16-36(17-5-1)39-28-30-41(37-18-6-2-7-19-37)50(33-39)61-48-25-13-10-22-42(48)45-34-46-43-23-11-14-26-49(43)62(52(46)35-51(45)61)57-59-55(38-20-8-3-9-21-38)58-56(60-57)40-29-31-54-47(32-40)44-24-12-15-27-53(44)63-54/h1-35H. The maximum absolute atomic E-state index is 6.22. The van der Waals surface area contributed by atoms with Gasteiger partial charge in [0.25, 0.3) is 0 Å². The lowest BCUT2D eigenvalue weighted by atomic mass is 9.98. The maximum Gasteiger partial charge on any atom is 0.238 e. The Kier molecular flexibility index (Phi) is 7.80. The van der Waals surface area contributed by atoms with Gasteiger partial charge in [-0.2, -0.15) is 9.97 Å². The third kappa shape index (κ3) is 5.62. The largest absolute Gasteiger partial charge is 0.456 e. The van der Waals surface area contributed by atoms with Crippen LogP contribution in [0.3, 0.4) is 0 Å². The molecule has 0 aliphatic rings. The van der Waals surface area contributed by atoms with Crippen molar-refractivity contribution in [1.29, 1.82) is 0 Å². The van der Waals surface area contributed by atoms with E-state index in [1.54, 1.807) is 0 Å². The normalized spacial score (nSPS) is 11.8. The first-order valence-corrected chi connectivity index (χ1v) is 21.2. The van der Waals surface area contributed by atoms with E-state index in [4.69, 9.17) is 19.4 Å². The Morgan fingerprint density at radius 1 is 0.302 bits per heavy atom. The number of para-hydroxylation sites is 3. The highest BCUT2D eigenvalue weighted by atomic mass is 16.3. The van der Waals surface area contributed by atoms with Crippen LogP contribution in [0.4, 0.5) is 0 Å². The van der Waals surface area contributed by atoms with Crippen molar-refractivity contribution in [2.75, 3.05) is 0 Å². The molecular formula is C57H35N5O. The van der Waals surface area contributed by atoms with Gasteiger partial charge in [0, 0.05) is 49.0 Å². The van der Waals surface area contributed by atoms with E-state index >= 15 is 0 Å². The molecule has 0 saturated heterocycles. The van der Waals surface area contributed by atoms with Crippen LogP contribution in [-0.4, -0.2) is 24.1 Å². The van der Waals surface area contributed by atoms with E-state index in [-0.39, 0.29) is 0 Å². The number of aromatic nitrogens is 5. The minimum atomic E-state index is 0.542. The van der Waals surface area contributed by atoms with Gasteiger partial charge in [0.15, 0.2) is 11.6 Å². The summed E-state index contributed by atoms with van der Waals surface area (Å²) < 4.78 is 10.9. The highest BCUT2D eigenvalue weighted by Gasteiger charge is 2.23. The Bertz CT molecular complexity index is 3900. The van der Waals surface area contributed by atoms with Crippen LogP contribution in [0.25, 0.3) is 122 Å². The Balaban J connectivity index is 1.11. The summed E-state index contributed by atoms with van der Waals surface area (Å²) in [6.07, 6.45) is 0. The number of furan rings is 1. The molecule has 0 bridgehead atoms. The van der Waals surface area contributed by atoms with Gasteiger partial charge in [-0.15, -0.1) is 0 Å². The molecule has 0 fully saturated rings. The quantitative estimate of drug-likeness (QED) is 0.168. The van der Waals surface area contributed by atoms with Crippen molar-refractivity contribution < 1.29 is 4.42 Å². The summed E-state index contributed by atoms with van der Waals surface area (Å²) in [6.45, 7) is 0. The predicted octanol–water partition coefficient (Wildman–Crippen LogP) is 14.6. The molecule has 0 radical (unpaired) electrons. The van der Waals surface area contributed by atoms with E-state index in [0.717, 1.165) is 88.3 Å². The molecule has 0 unspecified atom stereocenters. The van der Waals surface area contributed by atoms with Crippen LogP contribution in [0.2, 0.25) is 0 Å². The third-order valence-corrected chi connectivity index (χ3v) is 12.4. The highest BCUT2D eigenvalue weighted by Crippen LogP contribution is 2.42. The Hall–Kier alpha value is -8.61. The zero-order chi connectivity index (χ0) is 41.4. The third-order valence-electron chi connectivity index (χ3n) is 12.4. The number of hydrogen-bond donors (Lipinski definition) is 0. The topological polar surface area (TPSA) is 61.7 Å². The van der Waals surface area contributed by atoms with E-state index in [9.17, 15) is 0 Å². The Labute approximate surface area is 361 Å². The summed E-state index contributed by atoms with van der Waals surface area (Å²) in [5.74, 6) is 1.72. The molecule has 0 saturated carbocycles. The molecule has 4 heterocycles. The van der Waals surface area contributed by atoms with Crippen LogP contribution in [0.1, 0.15) is 0 Å². The maximum atomic E-state index is 6.22. The lowest BCUT2D eigenvalue weighted by Gasteiger charge is -2.16. The van der Waals surface area contributed by atoms with E-state index in [2.05, 4.69) is 173 Å². The second kappa shape index (κ2) is 14.0. The molecule has 0 spiro atoms. The van der Waals surface area contributed by atoms with E-state index in [0.29, 0.717) is 17.6 Å². The molecule has 13 aromatic rings. The summed E-state index contributed by atoms with van der Waals surface area (Å²) in [5, 5.41) is 6.68. The van der Waals surface area contributed by atoms with Gasteiger partial charge < -0.3 is 8.98 Å². The molecule has 63 heavy (non-hydrogen) atoms. The van der Waals surface area contributed by atoms with Gasteiger partial charge in [0.2, 0.25) is 5.95 Å². The number of benzene rings is 9. The monoisotopic (exact) mass is 805 g/mol. The van der Waals surface area contributed by atoms with Crippen LogP contribution in [0.15, 0.2) is 217 Å². The van der Waals surface area contributed by atoms with Gasteiger partial charge >= 0.3 is 0 Å². The minimum absolute atomic E-state index is 0.542. The molecule has 6 heteroatoms. The average Bonchev–Trinajstić information content (AvgIpc) is 4.01. The zero-order valence-corrected chi connectivity index (χ0v) is 33.9. The summed E-state index contributed by atoms with van der Waals surface area (Å²) in [6, 6.07) is 74.7. The molecule has 6 nitrogen and oxygen atoms in total. The van der Waals surface area contributed by atoms with Crippen LogP contribution in [-0.2, 0) is 0 Å². The van der Waals surface area contributed by atoms with Gasteiger partial charge in [0.05, 0.1) is 27.8 Å². The lowest BCUT2D eigenvalue weighted by Crippen LogP contribution is -2.06. The van der Waals surface area contributed by atoms with E-state index in [1.165, 1.54) is 16.3 Å². The fourth-order valence-corrected chi connectivity index (χ4v) is 9.47. The number of nitrogens with zero attached hydrogens (tertiary/aromatic N) is 5. The number of rotatable bonds is 6. The summed E-state index contributed by atoms with van der Waals surface area (Å²) in [4.78, 5) is 15.8. The molecular weight excluding hydrogens is 771 g/mol. The Morgan fingerprint density at radius 2 is 0.841 bits per heavy atom. The summed E-state index contributed by atoms with van der Waals surface area (Å²) >= 11 is 0. The first-order chi connectivity index (χ1) is 31.2. The molecule has 9 aromatic carbocycles. The first-order valence-electron chi connectivity index (χ1n) is 21.2. The Morgan fingerprint density at radius 3 is 1.56 bits per heavy atom. The van der Waals surface area contributed by atoms with Crippen molar-refractivity contribution in [2.45, 2.75) is 0 Å². The van der Waals surface area contributed by atoms with E-state index < -0.39 is 0 Å². The first kappa shape index (κ1) is 35.2. The van der Waals surface area contributed by atoms with Crippen LogP contribution in [0.5, 0.6) is 0 Å². The lowest BCUT2D eigenvalue weighted by molar-refractivity contribution is 0.669. The second-order valence-electron chi connectivity index (χ2n) is 16.0. The van der Waals surface area contributed by atoms with Crippen LogP contribution >= 0.6 is 0 Å². The average molecular weight is 806 g/mol. The highest BCUT2D eigenvalue weighted by molar-refractivity contribution is 6.19. The van der Waals surface area contributed by atoms with Crippen molar-refractivity contribution in [1.82, 2.24) is 24.1 Å². The fourth-order valence-electron chi connectivity index (χ4n) is 9.47. The van der Waals surface area contributed by atoms with Crippen molar-refractivity contribution in [3.63, 3.8) is 0 Å². The minimum Gasteiger partial charge on any atom is -0.456 e. The van der Waals surface area contributed by atoms with Gasteiger partial charge in [-0.1, -0.05) is 158 Å². The zero-order valence-electron chi connectivity index (χ0n) is 33.9. The van der Waals surface area contributed by atoms with Crippen molar-refractivity contribution in [2.24, 2.45) is 0 Å². The van der Waals surface area contributed by atoms with Gasteiger partial charge in [-0.05, 0) is 71.3 Å². The van der Waals surface area contributed by atoms with Crippen molar-refractivity contribution in [3.05, 3.63) is 212 Å². The molecule has 0 N–H and O–H groups in total. The van der Waals surface area contributed by atoms with Crippen LogP contribution in [0, 0.1) is 0 Å². The SMILES string of the molecule is c1ccc(-c2ccc(-c3ccccc3)c(-n3c4ccccc4c4cc5c6ccccc6n(-c6nc(-c7ccccc7)nc(-c7ccc8oc9ccccc9c8c7)n6)c5cc43)c2)cc1. The summed E-state index contributed by atoms with van der Waals surface area (Å²) in [7, 11) is 0. The fraction of sp³-hybridized carbons (Fsp3) is 0. The van der Waals surface area contributed by atoms with Crippen molar-refractivity contribution >= 4 is 65.6 Å². The van der Waals surface area contributed by atoms with Crippen molar-refractivity contribution in [3.8, 4) is 56.7 Å². The second-order valence-corrected chi connectivity index (χ2v) is 16.0. The number of fused-ring (bicyclic) bond motifs is 9. The molecule has 0 atom stereocenters. The van der Waals surface area contributed by atoms with Crippen LogP contribution < -0.4 is 0 Å². The molecule has 0 aliphatic carbocycles. The van der Waals surface area contributed by atoms with Gasteiger partial charge in [0.1, 0.15) is 11.2 Å². The molecule has 13 rings (SSSR count). The summed E-state index contributed by atoms with van der Waals surface area (Å²) in [5.41, 5.74) is 13.4. The molecule has 0 aliphatic heterocycles. The smallest absolute Gasteiger partial charge is 0.238 e. The molecule has 4 aromatic heterocycles. The van der Waals surface area contributed by atoms with Gasteiger partial charge in [-0.3, -0.25) is 4.57 Å². The van der Waals surface area contributed by atoms with E-state index in [1.807, 2.05) is 48.5 Å². The predicted molar refractivity (Wildman–Crippen MR) is 258 cm³/mol. The molecule has 294 valence electrons. The number of hydrogen-bond acceptors (Lipinski definition) is 4.